The molecule has 3 rings (SSSR count). The Hall–Kier alpha value is -1.38. The highest BCUT2D eigenvalue weighted by Crippen LogP contribution is 2.17. The van der Waals surface area contributed by atoms with Gasteiger partial charge in [-0.15, -0.1) is 24.8 Å². The van der Waals surface area contributed by atoms with Gasteiger partial charge < -0.3 is 20.7 Å². The van der Waals surface area contributed by atoms with Gasteiger partial charge in [-0.2, -0.15) is 0 Å². The van der Waals surface area contributed by atoms with E-state index in [4.69, 9.17) is 4.74 Å². The molecule has 0 aromatic heterocycles. The Morgan fingerprint density at radius 1 is 1.04 bits per heavy atom. The van der Waals surface area contributed by atoms with Gasteiger partial charge in [0.05, 0.1) is 19.8 Å². The molecule has 158 valence electrons. The van der Waals surface area contributed by atoms with Crippen LogP contribution in [-0.2, 0) is 14.3 Å². The standard InChI is InChI=1S/C19H28N4O3.2ClH/c24-18(6-1-15-7-8-20-13-15)21-16-2-4-17(5-3-16)22-19(25)14-23-9-11-26-12-10-23;;/h2-5,15,20H,1,6-14H2,(H,21,24)(H,22,25);2*1H. The van der Waals surface area contributed by atoms with Crippen molar-refractivity contribution in [2.24, 2.45) is 5.92 Å². The van der Waals surface area contributed by atoms with E-state index in [1.807, 2.05) is 24.3 Å². The SMILES string of the molecule is Cl.Cl.O=C(CCC1CCNC1)Nc1ccc(NC(=O)CN2CCOCC2)cc1. The Morgan fingerprint density at radius 3 is 2.21 bits per heavy atom. The van der Waals surface area contributed by atoms with Crippen molar-refractivity contribution in [3.05, 3.63) is 24.3 Å². The number of ether oxygens (including phenoxy) is 1. The van der Waals surface area contributed by atoms with Crippen LogP contribution in [0.15, 0.2) is 24.3 Å². The van der Waals surface area contributed by atoms with E-state index in [2.05, 4.69) is 20.9 Å². The summed E-state index contributed by atoms with van der Waals surface area (Å²) in [6.07, 6.45) is 2.63. The molecule has 9 heteroatoms. The molecule has 2 amide bonds. The highest BCUT2D eigenvalue weighted by Gasteiger charge is 2.16. The van der Waals surface area contributed by atoms with Gasteiger partial charge in [-0.05, 0) is 56.1 Å². The monoisotopic (exact) mass is 432 g/mol. The Labute approximate surface area is 178 Å². The van der Waals surface area contributed by atoms with Crippen molar-refractivity contribution in [1.82, 2.24) is 10.2 Å². The van der Waals surface area contributed by atoms with Crippen molar-refractivity contribution in [1.29, 1.82) is 0 Å². The molecule has 3 N–H and O–H groups in total. The van der Waals surface area contributed by atoms with Crippen molar-refractivity contribution in [3.63, 3.8) is 0 Å². The third-order valence-electron chi connectivity index (χ3n) is 4.87. The lowest BCUT2D eigenvalue weighted by Gasteiger charge is -2.25. The molecule has 1 unspecified atom stereocenters. The molecular weight excluding hydrogens is 403 g/mol. The average Bonchev–Trinajstić information content (AvgIpc) is 3.16. The quantitative estimate of drug-likeness (QED) is 0.614. The molecule has 1 aromatic rings. The van der Waals surface area contributed by atoms with E-state index in [0.717, 1.165) is 50.4 Å². The summed E-state index contributed by atoms with van der Waals surface area (Å²) >= 11 is 0. The Kier molecular flexibility index (Phi) is 11.4. The normalized spacial score (nSPS) is 19.2. The van der Waals surface area contributed by atoms with Crippen molar-refractivity contribution >= 4 is 48.0 Å². The third-order valence-corrected chi connectivity index (χ3v) is 4.87. The average molecular weight is 433 g/mol. The summed E-state index contributed by atoms with van der Waals surface area (Å²) in [5.74, 6) is 0.625. The zero-order chi connectivity index (χ0) is 18.2. The van der Waals surface area contributed by atoms with E-state index in [-0.39, 0.29) is 36.6 Å². The molecule has 0 spiro atoms. The third kappa shape index (κ3) is 8.32. The van der Waals surface area contributed by atoms with Crippen LogP contribution in [0.1, 0.15) is 19.3 Å². The maximum Gasteiger partial charge on any atom is 0.238 e. The summed E-state index contributed by atoms with van der Waals surface area (Å²) < 4.78 is 5.28. The van der Waals surface area contributed by atoms with Crippen molar-refractivity contribution in [2.45, 2.75) is 19.3 Å². The summed E-state index contributed by atoms with van der Waals surface area (Å²) in [7, 11) is 0. The van der Waals surface area contributed by atoms with Crippen LogP contribution in [-0.4, -0.2) is 62.7 Å². The number of rotatable bonds is 7. The van der Waals surface area contributed by atoms with Gasteiger partial charge >= 0.3 is 0 Å². The summed E-state index contributed by atoms with van der Waals surface area (Å²) in [5, 5.41) is 9.13. The number of nitrogens with zero attached hydrogens (tertiary/aromatic N) is 1. The first-order valence-electron chi connectivity index (χ1n) is 9.39. The summed E-state index contributed by atoms with van der Waals surface area (Å²) in [4.78, 5) is 26.2. The largest absolute Gasteiger partial charge is 0.379 e. The van der Waals surface area contributed by atoms with Crippen molar-refractivity contribution in [2.75, 3.05) is 56.6 Å². The number of anilines is 2. The van der Waals surface area contributed by atoms with Crippen LogP contribution in [0.5, 0.6) is 0 Å². The second kappa shape index (κ2) is 13.0. The minimum atomic E-state index is -0.0335. The fourth-order valence-electron chi connectivity index (χ4n) is 3.32. The number of halogens is 2. The Balaban J connectivity index is 0.00000196. The van der Waals surface area contributed by atoms with Crippen LogP contribution in [0.25, 0.3) is 0 Å². The summed E-state index contributed by atoms with van der Waals surface area (Å²) in [6.45, 7) is 5.39. The molecule has 0 saturated carbocycles. The van der Waals surface area contributed by atoms with Gasteiger partial charge in [0.15, 0.2) is 0 Å². The molecule has 2 aliphatic heterocycles. The van der Waals surface area contributed by atoms with E-state index in [0.29, 0.717) is 32.1 Å². The van der Waals surface area contributed by atoms with Crippen molar-refractivity contribution < 1.29 is 14.3 Å². The minimum Gasteiger partial charge on any atom is -0.379 e. The van der Waals surface area contributed by atoms with E-state index in [1.54, 1.807) is 0 Å². The molecule has 2 fully saturated rings. The number of benzene rings is 1. The van der Waals surface area contributed by atoms with Gasteiger partial charge in [0.25, 0.3) is 0 Å². The van der Waals surface area contributed by atoms with E-state index in [9.17, 15) is 9.59 Å². The maximum atomic E-state index is 12.1. The molecule has 2 aliphatic rings. The molecule has 28 heavy (non-hydrogen) atoms. The topological polar surface area (TPSA) is 82.7 Å². The Bertz CT molecular complexity index is 604. The summed E-state index contributed by atoms with van der Waals surface area (Å²) in [6, 6.07) is 7.26. The van der Waals surface area contributed by atoms with Crippen LogP contribution in [0, 0.1) is 5.92 Å². The molecule has 0 radical (unpaired) electrons. The number of hydrogen-bond donors (Lipinski definition) is 3. The lowest BCUT2D eigenvalue weighted by Crippen LogP contribution is -2.41. The molecule has 1 atom stereocenters. The maximum absolute atomic E-state index is 12.1. The van der Waals surface area contributed by atoms with Gasteiger partial charge in [-0.1, -0.05) is 0 Å². The zero-order valence-corrected chi connectivity index (χ0v) is 17.6. The molecule has 0 bridgehead atoms. The minimum absolute atomic E-state index is 0. The second-order valence-electron chi connectivity index (χ2n) is 6.96. The fourth-order valence-corrected chi connectivity index (χ4v) is 3.32. The number of carbonyl (C=O) groups is 2. The zero-order valence-electron chi connectivity index (χ0n) is 15.9. The molecular formula is C19H30Cl2N4O3. The van der Waals surface area contributed by atoms with E-state index < -0.39 is 0 Å². The van der Waals surface area contributed by atoms with Gasteiger partial charge in [0, 0.05) is 30.9 Å². The molecule has 1 aromatic carbocycles. The number of amides is 2. The first-order valence-corrected chi connectivity index (χ1v) is 9.39. The van der Waals surface area contributed by atoms with Crippen molar-refractivity contribution in [3.8, 4) is 0 Å². The Morgan fingerprint density at radius 2 is 1.64 bits per heavy atom. The highest BCUT2D eigenvalue weighted by atomic mass is 35.5. The van der Waals surface area contributed by atoms with E-state index in [1.165, 1.54) is 0 Å². The first-order chi connectivity index (χ1) is 12.7. The molecule has 7 nitrogen and oxygen atoms in total. The number of hydrogen-bond acceptors (Lipinski definition) is 5. The van der Waals surface area contributed by atoms with Gasteiger partial charge in [-0.25, -0.2) is 0 Å². The molecule has 2 saturated heterocycles. The van der Waals surface area contributed by atoms with Crippen LogP contribution in [0.2, 0.25) is 0 Å². The number of morpholine rings is 1. The van der Waals surface area contributed by atoms with Gasteiger partial charge in [0.2, 0.25) is 11.8 Å². The molecule has 2 heterocycles. The summed E-state index contributed by atoms with van der Waals surface area (Å²) in [5.41, 5.74) is 1.49. The van der Waals surface area contributed by atoms with Crippen LogP contribution in [0.3, 0.4) is 0 Å². The first kappa shape index (κ1) is 24.7. The second-order valence-corrected chi connectivity index (χ2v) is 6.96. The van der Waals surface area contributed by atoms with E-state index >= 15 is 0 Å². The lowest BCUT2D eigenvalue weighted by molar-refractivity contribution is -0.118. The fraction of sp³-hybridized carbons (Fsp3) is 0.579. The molecule has 0 aliphatic carbocycles. The smallest absolute Gasteiger partial charge is 0.238 e. The van der Waals surface area contributed by atoms with Gasteiger partial charge in [-0.3, -0.25) is 14.5 Å². The number of nitrogens with one attached hydrogen (secondary N) is 3. The predicted molar refractivity (Wildman–Crippen MR) is 116 cm³/mol. The predicted octanol–water partition coefficient (Wildman–Crippen LogP) is 2.13. The number of carbonyl (C=O) groups excluding carboxylic acids is 2. The van der Waals surface area contributed by atoms with Gasteiger partial charge in [0.1, 0.15) is 0 Å². The van der Waals surface area contributed by atoms with Crippen LogP contribution >= 0.6 is 24.8 Å². The highest BCUT2D eigenvalue weighted by molar-refractivity contribution is 5.93. The lowest BCUT2D eigenvalue weighted by atomic mass is 10.0. The van der Waals surface area contributed by atoms with Crippen LogP contribution < -0.4 is 16.0 Å². The van der Waals surface area contributed by atoms with Crippen LogP contribution in [0.4, 0.5) is 11.4 Å².